The Morgan fingerprint density at radius 1 is 1.10 bits per heavy atom. The lowest BCUT2D eigenvalue weighted by Crippen LogP contribution is -2.33. The molecule has 0 bridgehead atoms. The number of nitrogen functional groups attached to an aromatic ring is 1. The van der Waals surface area contributed by atoms with Crippen LogP contribution in [0.15, 0.2) is 59.7 Å². The highest BCUT2D eigenvalue weighted by atomic mass is 16.1. The Kier molecular flexibility index (Phi) is 3.79. The van der Waals surface area contributed by atoms with Crippen molar-refractivity contribution in [2.45, 2.75) is 18.9 Å². The minimum absolute atomic E-state index is 0.108. The van der Waals surface area contributed by atoms with Crippen LogP contribution in [-0.4, -0.2) is 40.9 Å². The van der Waals surface area contributed by atoms with E-state index in [0.29, 0.717) is 22.8 Å². The summed E-state index contributed by atoms with van der Waals surface area (Å²) in [6, 6.07) is 13.1. The fraction of sp³-hybridized carbons (Fsp3) is 0.190. The first kappa shape index (κ1) is 17.6. The molecule has 0 unspecified atom stereocenters. The van der Waals surface area contributed by atoms with Gasteiger partial charge in [-0.2, -0.15) is 20.2 Å². The maximum Gasteiger partial charge on any atom is 0.282 e. The number of nitrogens with one attached hydrogen (secondary N) is 1. The largest absolute Gasteiger partial charge is 0.368 e. The predicted molar refractivity (Wildman–Crippen MR) is 116 cm³/mol. The fourth-order valence-electron chi connectivity index (χ4n) is 4.39. The number of hydrogen-bond acceptors (Lipinski definition) is 7. The van der Waals surface area contributed by atoms with E-state index in [1.54, 1.807) is 27.5 Å². The molecule has 0 spiro atoms. The second-order valence-corrected chi connectivity index (χ2v) is 7.56. The first-order valence-corrected chi connectivity index (χ1v) is 10.1. The van der Waals surface area contributed by atoms with Crippen molar-refractivity contribution in [3.8, 4) is 5.69 Å². The van der Waals surface area contributed by atoms with E-state index in [0.717, 1.165) is 30.5 Å². The number of nitrogens with two attached hydrogens (primary N) is 1. The lowest BCUT2D eigenvalue weighted by atomic mass is 10.2. The van der Waals surface area contributed by atoms with Crippen molar-refractivity contribution in [1.29, 1.82) is 0 Å². The Morgan fingerprint density at radius 2 is 1.97 bits per heavy atom. The number of hydrogen-bond donors (Lipinski definition) is 2. The third-order valence-electron chi connectivity index (χ3n) is 5.73. The summed E-state index contributed by atoms with van der Waals surface area (Å²) in [4.78, 5) is 24.3. The van der Waals surface area contributed by atoms with Gasteiger partial charge in [0.05, 0.1) is 23.3 Å². The molecule has 10 heteroatoms. The van der Waals surface area contributed by atoms with Crippen molar-refractivity contribution in [2.24, 2.45) is 0 Å². The van der Waals surface area contributed by atoms with Crippen molar-refractivity contribution in [1.82, 2.24) is 34.3 Å². The molecule has 5 aromatic rings. The molecular weight excluding hydrogens is 394 g/mol. The van der Waals surface area contributed by atoms with E-state index < -0.39 is 0 Å². The maximum atomic E-state index is 13.5. The van der Waals surface area contributed by atoms with Crippen molar-refractivity contribution in [2.75, 3.05) is 17.2 Å². The van der Waals surface area contributed by atoms with E-state index in [1.807, 2.05) is 36.4 Å². The molecule has 31 heavy (non-hydrogen) atoms. The number of benzene rings is 1. The molecule has 10 nitrogen and oxygen atoms in total. The topological polar surface area (TPSA) is 123 Å². The van der Waals surface area contributed by atoms with Crippen LogP contribution in [0.5, 0.6) is 0 Å². The molecule has 3 N–H and O–H groups in total. The van der Waals surface area contributed by atoms with E-state index in [-0.39, 0.29) is 17.5 Å². The smallest absolute Gasteiger partial charge is 0.282 e. The van der Waals surface area contributed by atoms with E-state index in [4.69, 9.17) is 10.8 Å². The molecule has 1 fully saturated rings. The molecule has 1 saturated heterocycles. The average Bonchev–Trinajstić information content (AvgIpc) is 3.53. The summed E-state index contributed by atoms with van der Waals surface area (Å²) in [5.74, 6) is 1.53. The zero-order valence-electron chi connectivity index (χ0n) is 16.5. The lowest BCUT2D eigenvalue weighted by Gasteiger charge is -2.27. The SMILES string of the molecule is Nc1nc(N2CCC[C@H]2c2nn3cccc3c(=O)n2-c2ccccc2)c2cn[nH]c2n1. The average molecular weight is 413 g/mol. The summed E-state index contributed by atoms with van der Waals surface area (Å²) in [5.41, 5.74) is 7.75. The van der Waals surface area contributed by atoms with Crippen LogP contribution in [-0.2, 0) is 0 Å². The summed E-state index contributed by atoms with van der Waals surface area (Å²) >= 11 is 0. The Morgan fingerprint density at radius 3 is 2.84 bits per heavy atom. The van der Waals surface area contributed by atoms with Gasteiger partial charge in [-0.3, -0.25) is 14.5 Å². The Bertz CT molecular complexity index is 1470. The monoisotopic (exact) mass is 413 g/mol. The van der Waals surface area contributed by atoms with Crippen molar-refractivity contribution in [3.05, 3.63) is 71.0 Å². The quantitative estimate of drug-likeness (QED) is 0.464. The summed E-state index contributed by atoms with van der Waals surface area (Å²) in [5, 5.41) is 12.6. The van der Waals surface area contributed by atoms with Gasteiger partial charge in [-0.05, 0) is 37.1 Å². The highest BCUT2D eigenvalue weighted by Gasteiger charge is 2.33. The molecule has 1 atom stereocenters. The third kappa shape index (κ3) is 2.68. The van der Waals surface area contributed by atoms with E-state index in [9.17, 15) is 4.79 Å². The van der Waals surface area contributed by atoms with Gasteiger partial charge in [-0.1, -0.05) is 18.2 Å². The van der Waals surface area contributed by atoms with Gasteiger partial charge in [-0.25, -0.2) is 4.52 Å². The second kappa shape index (κ2) is 6.66. The number of nitrogens with zero attached hydrogens (tertiary/aromatic N) is 7. The first-order valence-electron chi connectivity index (χ1n) is 10.1. The van der Waals surface area contributed by atoms with Gasteiger partial charge >= 0.3 is 0 Å². The van der Waals surface area contributed by atoms with Crippen molar-refractivity contribution < 1.29 is 0 Å². The van der Waals surface area contributed by atoms with Crippen LogP contribution in [0.3, 0.4) is 0 Å². The first-order chi connectivity index (χ1) is 15.2. The summed E-state index contributed by atoms with van der Waals surface area (Å²) < 4.78 is 3.35. The Labute approximate surface area is 176 Å². The van der Waals surface area contributed by atoms with Crippen LogP contribution >= 0.6 is 0 Å². The van der Waals surface area contributed by atoms with Crippen LogP contribution in [0.4, 0.5) is 11.8 Å². The van der Waals surface area contributed by atoms with E-state index in [2.05, 4.69) is 25.1 Å². The van der Waals surface area contributed by atoms with Gasteiger partial charge in [0.25, 0.3) is 5.56 Å². The number of aromatic nitrogens is 7. The third-order valence-corrected chi connectivity index (χ3v) is 5.73. The van der Waals surface area contributed by atoms with Gasteiger partial charge in [0.15, 0.2) is 11.5 Å². The molecule has 1 aliphatic heterocycles. The molecule has 154 valence electrons. The van der Waals surface area contributed by atoms with Crippen LogP contribution in [0.25, 0.3) is 22.2 Å². The van der Waals surface area contributed by atoms with Gasteiger partial charge in [-0.15, -0.1) is 0 Å². The maximum absolute atomic E-state index is 13.5. The zero-order chi connectivity index (χ0) is 20.9. The molecule has 1 aliphatic rings. The van der Waals surface area contributed by atoms with Gasteiger partial charge < -0.3 is 10.6 Å². The van der Waals surface area contributed by atoms with Crippen LogP contribution in [0.2, 0.25) is 0 Å². The number of anilines is 2. The molecule has 0 aliphatic carbocycles. The Balaban J connectivity index is 1.59. The molecular formula is C21H19N9O. The molecule has 6 rings (SSSR count). The molecule has 0 radical (unpaired) electrons. The standard InChI is InChI=1S/C21H19N9O/c22-21-24-17-14(12-23-26-17)18(25-21)28-10-4-8-15(28)19-27-29-11-5-9-16(29)20(31)30(19)13-6-2-1-3-7-13/h1-3,5-7,9,11-12,15H,4,8,10H2,(H3,22,23,24,25,26)/t15-/m0/s1. The lowest BCUT2D eigenvalue weighted by molar-refractivity contribution is 0.602. The number of rotatable bonds is 3. The highest BCUT2D eigenvalue weighted by Crippen LogP contribution is 2.37. The minimum Gasteiger partial charge on any atom is -0.368 e. The molecule has 0 amide bonds. The summed E-state index contributed by atoms with van der Waals surface area (Å²) in [6.07, 6.45) is 5.26. The number of aromatic amines is 1. The number of H-pyrrole nitrogens is 1. The minimum atomic E-state index is -0.160. The molecule has 0 saturated carbocycles. The zero-order valence-corrected chi connectivity index (χ0v) is 16.5. The molecule has 1 aromatic carbocycles. The summed E-state index contributed by atoms with van der Waals surface area (Å²) in [6.45, 7) is 0.760. The van der Waals surface area contributed by atoms with Gasteiger partial charge in [0.1, 0.15) is 11.3 Å². The molecule has 5 heterocycles. The normalized spacial score (nSPS) is 16.5. The molecule has 4 aromatic heterocycles. The highest BCUT2D eigenvalue weighted by molar-refractivity contribution is 5.87. The van der Waals surface area contributed by atoms with E-state index in [1.165, 1.54) is 0 Å². The van der Waals surface area contributed by atoms with Crippen LogP contribution in [0, 0.1) is 0 Å². The van der Waals surface area contributed by atoms with Gasteiger partial charge in [0.2, 0.25) is 5.95 Å². The summed E-state index contributed by atoms with van der Waals surface area (Å²) in [7, 11) is 0. The predicted octanol–water partition coefficient (Wildman–Crippen LogP) is 2.08. The van der Waals surface area contributed by atoms with Crippen molar-refractivity contribution >= 4 is 28.3 Å². The number of fused-ring (bicyclic) bond motifs is 2. The van der Waals surface area contributed by atoms with Crippen LogP contribution < -0.4 is 16.2 Å². The van der Waals surface area contributed by atoms with E-state index >= 15 is 0 Å². The van der Waals surface area contributed by atoms with Crippen molar-refractivity contribution in [3.63, 3.8) is 0 Å². The number of para-hydroxylation sites is 1. The fourth-order valence-corrected chi connectivity index (χ4v) is 4.39. The Hall–Kier alpha value is -4.21. The van der Waals surface area contributed by atoms with Crippen LogP contribution in [0.1, 0.15) is 24.7 Å². The van der Waals surface area contributed by atoms with Gasteiger partial charge in [0, 0.05) is 12.7 Å². The second-order valence-electron chi connectivity index (χ2n) is 7.56.